The molecule has 0 aliphatic heterocycles. The van der Waals surface area contributed by atoms with Crippen LogP contribution in [0.2, 0.25) is 0 Å². The highest BCUT2D eigenvalue weighted by molar-refractivity contribution is 5.23. The molecule has 0 aromatic carbocycles. The van der Waals surface area contributed by atoms with E-state index in [1.54, 1.807) is 0 Å². The first kappa shape index (κ1) is 12.2. The van der Waals surface area contributed by atoms with E-state index in [4.69, 9.17) is 16.2 Å². The predicted octanol–water partition coefficient (Wildman–Crippen LogP) is 2.06. The van der Waals surface area contributed by atoms with Crippen molar-refractivity contribution in [3.63, 3.8) is 0 Å². The number of hydrogen-bond acceptors (Lipinski definition) is 3. The Morgan fingerprint density at radius 2 is 2.00 bits per heavy atom. The Hall–Kier alpha value is -1.22. The molecule has 0 saturated carbocycles. The fourth-order valence-corrected chi connectivity index (χ4v) is 2.33. The summed E-state index contributed by atoms with van der Waals surface area (Å²) in [7, 11) is 0. The van der Waals surface area contributed by atoms with Gasteiger partial charge >= 0.3 is 0 Å². The SMILES string of the molecule is CC1C=C(OC2C=CC(N)=CC2C)CCC1N. The average Bonchev–Trinajstić information content (AvgIpc) is 2.27. The van der Waals surface area contributed by atoms with Crippen molar-refractivity contribution in [3.05, 3.63) is 35.8 Å². The molecule has 0 heterocycles. The number of allylic oxidation sites excluding steroid dienone is 2. The van der Waals surface area contributed by atoms with E-state index < -0.39 is 0 Å². The van der Waals surface area contributed by atoms with Gasteiger partial charge in [-0.1, -0.05) is 19.9 Å². The lowest BCUT2D eigenvalue weighted by atomic mass is 9.91. The summed E-state index contributed by atoms with van der Waals surface area (Å²) in [6.45, 7) is 4.27. The van der Waals surface area contributed by atoms with Gasteiger partial charge in [-0.05, 0) is 30.6 Å². The van der Waals surface area contributed by atoms with E-state index in [0.29, 0.717) is 11.8 Å². The minimum absolute atomic E-state index is 0.107. The summed E-state index contributed by atoms with van der Waals surface area (Å²) in [5.74, 6) is 1.81. The first-order chi connectivity index (χ1) is 8.06. The van der Waals surface area contributed by atoms with E-state index in [1.165, 1.54) is 0 Å². The third kappa shape index (κ3) is 2.91. The topological polar surface area (TPSA) is 61.3 Å². The Labute approximate surface area is 103 Å². The van der Waals surface area contributed by atoms with Crippen LogP contribution in [0.1, 0.15) is 26.7 Å². The van der Waals surface area contributed by atoms with Gasteiger partial charge in [-0.3, -0.25) is 0 Å². The third-order valence-electron chi connectivity index (χ3n) is 3.59. The molecular formula is C14H22N2O. The summed E-state index contributed by atoms with van der Waals surface area (Å²) >= 11 is 0. The van der Waals surface area contributed by atoms with Gasteiger partial charge in [-0.2, -0.15) is 0 Å². The van der Waals surface area contributed by atoms with Gasteiger partial charge in [0.15, 0.2) is 0 Å². The molecule has 3 nitrogen and oxygen atoms in total. The third-order valence-corrected chi connectivity index (χ3v) is 3.59. The minimum Gasteiger partial charge on any atom is -0.490 e. The summed E-state index contributed by atoms with van der Waals surface area (Å²) in [4.78, 5) is 0. The smallest absolute Gasteiger partial charge is 0.123 e. The zero-order chi connectivity index (χ0) is 12.4. The summed E-state index contributed by atoms with van der Waals surface area (Å²) in [5.41, 5.74) is 12.6. The number of rotatable bonds is 2. The molecule has 0 saturated heterocycles. The highest BCUT2D eigenvalue weighted by Gasteiger charge is 2.23. The van der Waals surface area contributed by atoms with Crippen LogP contribution in [0, 0.1) is 11.8 Å². The zero-order valence-electron chi connectivity index (χ0n) is 10.6. The molecule has 4 unspecified atom stereocenters. The van der Waals surface area contributed by atoms with Crippen LogP contribution in [0.25, 0.3) is 0 Å². The molecule has 4 atom stereocenters. The van der Waals surface area contributed by atoms with Crippen LogP contribution in [0.15, 0.2) is 35.8 Å². The van der Waals surface area contributed by atoms with Crippen molar-refractivity contribution < 1.29 is 4.74 Å². The summed E-state index contributed by atoms with van der Waals surface area (Å²) in [6.07, 6.45) is 10.2. The number of ether oxygens (including phenoxy) is 1. The first-order valence-corrected chi connectivity index (χ1v) is 6.34. The molecule has 0 fully saturated rings. The van der Waals surface area contributed by atoms with Crippen molar-refractivity contribution >= 4 is 0 Å². The normalized spacial score (nSPS) is 37.4. The van der Waals surface area contributed by atoms with E-state index >= 15 is 0 Å². The summed E-state index contributed by atoms with van der Waals surface area (Å²) in [5, 5.41) is 0. The second kappa shape index (κ2) is 4.96. The van der Waals surface area contributed by atoms with Gasteiger partial charge in [0, 0.05) is 24.1 Å². The van der Waals surface area contributed by atoms with Crippen LogP contribution < -0.4 is 11.5 Å². The molecule has 0 aromatic rings. The van der Waals surface area contributed by atoms with Crippen LogP contribution >= 0.6 is 0 Å². The molecule has 3 heteroatoms. The maximum atomic E-state index is 6.03. The maximum absolute atomic E-state index is 6.03. The Morgan fingerprint density at radius 1 is 1.24 bits per heavy atom. The van der Waals surface area contributed by atoms with Crippen LogP contribution in [-0.4, -0.2) is 12.1 Å². The van der Waals surface area contributed by atoms with Gasteiger partial charge in [0.25, 0.3) is 0 Å². The largest absolute Gasteiger partial charge is 0.490 e. The molecule has 94 valence electrons. The molecule has 0 aromatic heterocycles. The van der Waals surface area contributed by atoms with E-state index in [9.17, 15) is 0 Å². The monoisotopic (exact) mass is 234 g/mol. The van der Waals surface area contributed by atoms with Crippen LogP contribution in [0.5, 0.6) is 0 Å². The Bertz CT molecular complexity index is 370. The van der Waals surface area contributed by atoms with E-state index in [2.05, 4.69) is 19.9 Å². The molecular weight excluding hydrogens is 212 g/mol. The molecule has 0 amide bonds. The van der Waals surface area contributed by atoms with Crippen molar-refractivity contribution in [1.82, 2.24) is 0 Å². The fourth-order valence-electron chi connectivity index (χ4n) is 2.33. The van der Waals surface area contributed by atoms with Crippen molar-refractivity contribution in [1.29, 1.82) is 0 Å². The van der Waals surface area contributed by atoms with Gasteiger partial charge in [-0.25, -0.2) is 0 Å². The van der Waals surface area contributed by atoms with Crippen LogP contribution in [0.4, 0.5) is 0 Å². The molecule has 0 spiro atoms. The maximum Gasteiger partial charge on any atom is 0.123 e. The highest BCUT2D eigenvalue weighted by atomic mass is 16.5. The van der Waals surface area contributed by atoms with Gasteiger partial charge in [0.1, 0.15) is 6.10 Å². The zero-order valence-corrected chi connectivity index (χ0v) is 10.6. The van der Waals surface area contributed by atoms with Crippen molar-refractivity contribution in [2.75, 3.05) is 0 Å². The van der Waals surface area contributed by atoms with Crippen molar-refractivity contribution in [2.24, 2.45) is 23.3 Å². The lowest BCUT2D eigenvalue weighted by Gasteiger charge is -2.29. The van der Waals surface area contributed by atoms with E-state index in [0.717, 1.165) is 24.3 Å². The highest BCUT2D eigenvalue weighted by Crippen LogP contribution is 2.27. The molecule has 0 radical (unpaired) electrons. The fraction of sp³-hybridized carbons (Fsp3) is 0.571. The lowest BCUT2D eigenvalue weighted by Crippen LogP contribution is -2.31. The molecule has 2 aliphatic carbocycles. The van der Waals surface area contributed by atoms with Crippen molar-refractivity contribution in [3.8, 4) is 0 Å². The summed E-state index contributed by atoms with van der Waals surface area (Å²) < 4.78 is 6.03. The summed E-state index contributed by atoms with van der Waals surface area (Å²) in [6, 6.07) is 0.275. The van der Waals surface area contributed by atoms with Crippen molar-refractivity contribution in [2.45, 2.75) is 38.8 Å². The lowest BCUT2D eigenvalue weighted by molar-refractivity contribution is 0.109. The van der Waals surface area contributed by atoms with Gasteiger partial charge < -0.3 is 16.2 Å². The Morgan fingerprint density at radius 3 is 2.65 bits per heavy atom. The molecule has 17 heavy (non-hydrogen) atoms. The second-order valence-electron chi connectivity index (χ2n) is 5.16. The molecule has 2 rings (SSSR count). The van der Waals surface area contributed by atoms with Gasteiger partial charge in [-0.15, -0.1) is 0 Å². The molecule has 2 aliphatic rings. The second-order valence-corrected chi connectivity index (χ2v) is 5.16. The Kier molecular flexibility index (Phi) is 3.57. The van der Waals surface area contributed by atoms with Crippen LogP contribution in [0.3, 0.4) is 0 Å². The average molecular weight is 234 g/mol. The standard InChI is InChI=1S/C14H22N2O/c1-9-8-12(4-5-13(9)16)17-14-6-3-11(15)7-10(14)2/h3,6-10,13-14H,4-5,15-16H2,1-2H3. The van der Waals surface area contributed by atoms with Gasteiger partial charge in [0.2, 0.25) is 0 Å². The minimum atomic E-state index is 0.107. The molecule has 0 bridgehead atoms. The first-order valence-electron chi connectivity index (χ1n) is 6.34. The number of nitrogens with two attached hydrogens (primary N) is 2. The Balaban J connectivity index is 1.99. The predicted molar refractivity (Wildman–Crippen MR) is 69.9 cm³/mol. The molecule has 4 N–H and O–H groups in total. The number of hydrogen-bond donors (Lipinski definition) is 2. The quantitative estimate of drug-likeness (QED) is 0.769. The van der Waals surface area contributed by atoms with Crippen LogP contribution in [-0.2, 0) is 4.74 Å². The van der Waals surface area contributed by atoms with E-state index in [1.807, 2.05) is 18.2 Å². The van der Waals surface area contributed by atoms with E-state index in [-0.39, 0.29) is 12.1 Å². The van der Waals surface area contributed by atoms with Gasteiger partial charge in [0.05, 0.1) is 5.76 Å².